The molecule has 0 aliphatic heterocycles. The number of rotatable bonds is 8. The van der Waals surface area contributed by atoms with E-state index in [0.717, 1.165) is 22.5 Å². The predicted octanol–water partition coefficient (Wildman–Crippen LogP) is 4.83. The molecule has 0 unspecified atom stereocenters. The summed E-state index contributed by atoms with van der Waals surface area (Å²) in [5, 5.41) is 2.86. The lowest BCUT2D eigenvalue weighted by molar-refractivity contribution is -0.116. The standard InChI is InChI=1S/C24H26N2O4S/c1-4-19-10-8-9-13-23(19)25-24(27)18(2)26(31(3,28)29)20-14-16-22(17-15-20)30-21-11-6-5-7-12-21/h5-18H,4H2,1-3H3,(H,25,27)/t18-/m1/s1. The van der Waals surface area contributed by atoms with E-state index in [4.69, 9.17) is 4.74 Å². The van der Waals surface area contributed by atoms with Gasteiger partial charge in [0, 0.05) is 5.69 Å². The number of carbonyl (C=O) groups excluding carboxylic acids is 1. The van der Waals surface area contributed by atoms with E-state index in [1.54, 1.807) is 31.2 Å². The van der Waals surface area contributed by atoms with Gasteiger partial charge in [0.15, 0.2) is 0 Å². The third kappa shape index (κ3) is 5.64. The lowest BCUT2D eigenvalue weighted by atomic mass is 10.1. The molecule has 0 aromatic heterocycles. The number of anilines is 2. The lowest BCUT2D eigenvalue weighted by Gasteiger charge is -2.28. The number of para-hydroxylation sites is 2. The molecule has 7 heteroatoms. The third-order valence-electron chi connectivity index (χ3n) is 4.81. The monoisotopic (exact) mass is 438 g/mol. The Labute approximate surface area is 183 Å². The number of benzene rings is 3. The van der Waals surface area contributed by atoms with Crippen LogP contribution in [0.2, 0.25) is 0 Å². The molecule has 162 valence electrons. The van der Waals surface area contributed by atoms with Crippen LogP contribution < -0.4 is 14.4 Å². The largest absolute Gasteiger partial charge is 0.457 e. The van der Waals surface area contributed by atoms with Crippen LogP contribution in [0.1, 0.15) is 19.4 Å². The summed E-state index contributed by atoms with van der Waals surface area (Å²) < 4.78 is 32.0. The molecule has 3 aromatic rings. The fraction of sp³-hybridized carbons (Fsp3) is 0.208. The van der Waals surface area contributed by atoms with E-state index in [2.05, 4.69) is 5.32 Å². The van der Waals surface area contributed by atoms with Crippen molar-refractivity contribution in [3.05, 3.63) is 84.4 Å². The molecule has 0 saturated carbocycles. The van der Waals surface area contributed by atoms with Crippen molar-refractivity contribution < 1.29 is 17.9 Å². The van der Waals surface area contributed by atoms with Crippen LogP contribution in [-0.2, 0) is 21.2 Å². The quantitative estimate of drug-likeness (QED) is 0.546. The van der Waals surface area contributed by atoms with Crippen LogP contribution in [0, 0.1) is 0 Å². The fourth-order valence-corrected chi connectivity index (χ4v) is 4.46. The number of hydrogen-bond donors (Lipinski definition) is 1. The van der Waals surface area contributed by atoms with Crippen LogP contribution in [0.15, 0.2) is 78.9 Å². The van der Waals surface area contributed by atoms with Gasteiger partial charge >= 0.3 is 0 Å². The summed E-state index contributed by atoms with van der Waals surface area (Å²) in [7, 11) is -3.71. The lowest BCUT2D eigenvalue weighted by Crippen LogP contribution is -2.45. The van der Waals surface area contributed by atoms with Gasteiger partial charge in [0.1, 0.15) is 17.5 Å². The molecule has 1 N–H and O–H groups in total. The Balaban J connectivity index is 1.82. The average molecular weight is 439 g/mol. The number of nitrogens with zero attached hydrogens (tertiary/aromatic N) is 1. The van der Waals surface area contributed by atoms with Crippen molar-refractivity contribution in [2.75, 3.05) is 15.9 Å². The van der Waals surface area contributed by atoms with Crippen molar-refractivity contribution in [3.63, 3.8) is 0 Å². The second-order valence-corrected chi connectivity index (χ2v) is 9.00. The molecule has 0 saturated heterocycles. The Morgan fingerprint density at radius 3 is 2.13 bits per heavy atom. The molecule has 3 rings (SSSR count). The zero-order chi connectivity index (χ0) is 22.4. The van der Waals surface area contributed by atoms with Gasteiger partial charge in [-0.1, -0.05) is 43.3 Å². The molecular formula is C24H26N2O4S. The first-order valence-electron chi connectivity index (χ1n) is 10.0. The predicted molar refractivity (Wildman–Crippen MR) is 124 cm³/mol. The molecule has 1 amide bonds. The molecule has 3 aromatic carbocycles. The van der Waals surface area contributed by atoms with E-state index in [1.807, 2.05) is 61.5 Å². The number of nitrogens with one attached hydrogen (secondary N) is 1. The number of amides is 1. The molecule has 0 fully saturated rings. The molecule has 0 radical (unpaired) electrons. The van der Waals surface area contributed by atoms with Gasteiger partial charge in [0.05, 0.1) is 11.9 Å². The van der Waals surface area contributed by atoms with Crippen molar-refractivity contribution >= 4 is 27.3 Å². The Hall–Kier alpha value is -3.32. The molecular weight excluding hydrogens is 412 g/mol. The van der Waals surface area contributed by atoms with Crippen LogP contribution >= 0.6 is 0 Å². The first-order valence-corrected chi connectivity index (χ1v) is 11.9. The molecule has 0 bridgehead atoms. The summed E-state index contributed by atoms with van der Waals surface area (Å²) in [6.45, 7) is 3.57. The summed E-state index contributed by atoms with van der Waals surface area (Å²) in [6.07, 6.45) is 1.84. The van der Waals surface area contributed by atoms with Gasteiger partial charge in [0.2, 0.25) is 15.9 Å². The number of hydrogen-bond acceptors (Lipinski definition) is 4. The van der Waals surface area contributed by atoms with E-state index in [0.29, 0.717) is 22.9 Å². The average Bonchev–Trinajstić information content (AvgIpc) is 2.75. The van der Waals surface area contributed by atoms with Gasteiger partial charge in [-0.25, -0.2) is 8.42 Å². The summed E-state index contributed by atoms with van der Waals surface area (Å²) in [5.41, 5.74) is 2.05. The summed E-state index contributed by atoms with van der Waals surface area (Å²) >= 11 is 0. The van der Waals surface area contributed by atoms with Crippen LogP contribution in [-0.4, -0.2) is 26.6 Å². The molecule has 6 nitrogen and oxygen atoms in total. The summed E-state index contributed by atoms with van der Waals surface area (Å²) in [4.78, 5) is 12.9. The molecule has 0 aliphatic rings. The van der Waals surface area contributed by atoms with Crippen LogP contribution in [0.4, 0.5) is 11.4 Å². The maximum atomic E-state index is 12.9. The highest BCUT2D eigenvalue weighted by atomic mass is 32.2. The third-order valence-corrected chi connectivity index (χ3v) is 6.06. The highest BCUT2D eigenvalue weighted by Crippen LogP contribution is 2.27. The Bertz CT molecular complexity index is 1130. The maximum absolute atomic E-state index is 12.9. The number of aryl methyl sites for hydroxylation is 1. The van der Waals surface area contributed by atoms with Crippen LogP contribution in [0.25, 0.3) is 0 Å². The fourth-order valence-electron chi connectivity index (χ4n) is 3.28. The maximum Gasteiger partial charge on any atom is 0.248 e. The van der Waals surface area contributed by atoms with Crippen molar-refractivity contribution in [1.29, 1.82) is 0 Å². The van der Waals surface area contributed by atoms with E-state index in [1.165, 1.54) is 0 Å². The van der Waals surface area contributed by atoms with E-state index >= 15 is 0 Å². The first kappa shape index (κ1) is 22.4. The first-order chi connectivity index (χ1) is 14.8. The van der Waals surface area contributed by atoms with Crippen LogP contribution in [0.3, 0.4) is 0 Å². The normalized spacial score (nSPS) is 12.1. The van der Waals surface area contributed by atoms with Crippen molar-refractivity contribution in [2.24, 2.45) is 0 Å². The number of sulfonamides is 1. The van der Waals surface area contributed by atoms with Gasteiger partial charge in [-0.2, -0.15) is 0 Å². The number of carbonyl (C=O) groups is 1. The minimum absolute atomic E-state index is 0.384. The molecule has 0 spiro atoms. The van der Waals surface area contributed by atoms with Crippen molar-refractivity contribution in [3.8, 4) is 11.5 Å². The minimum atomic E-state index is -3.71. The molecule has 0 heterocycles. The highest BCUT2D eigenvalue weighted by Gasteiger charge is 2.29. The zero-order valence-electron chi connectivity index (χ0n) is 17.8. The second-order valence-electron chi connectivity index (χ2n) is 7.14. The van der Waals surface area contributed by atoms with Gasteiger partial charge < -0.3 is 10.1 Å². The SMILES string of the molecule is CCc1ccccc1NC(=O)[C@@H](C)N(c1ccc(Oc2ccccc2)cc1)S(C)(=O)=O. The molecule has 31 heavy (non-hydrogen) atoms. The van der Waals surface area contributed by atoms with E-state index < -0.39 is 22.0 Å². The Morgan fingerprint density at radius 1 is 0.935 bits per heavy atom. The Morgan fingerprint density at radius 2 is 1.52 bits per heavy atom. The summed E-state index contributed by atoms with van der Waals surface area (Å²) in [6, 6.07) is 22.4. The summed E-state index contributed by atoms with van der Waals surface area (Å²) in [5.74, 6) is 0.839. The second kappa shape index (κ2) is 9.66. The smallest absolute Gasteiger partial charge is 0.248 e. The van der Waals surface area contributed by atoms with Crippen LogP contribution in [0.5, 0.6) is 11.5 Å². The highest BCUT2D eigenvalue weighted by molar-refractivity contribution is 7.92. The van der Waals surface area contributed by atoms with Gasteiger partial charge in [0.25, 0.3) is 0 Å². The van der Waals surface area contributed by atoms with Gasteiger partial charge in [-0.3, -0.25) is 9.10 Å². The molecule has 0 aliphatic carbocycles. The topological polar surface area (TPSA) is 75.7 Å². The van der Waals surface area contributed by atoms with Gasteiger partial charge in [-0.15, -0.1) is 0 Å². The number of ether oxygens (including phenoxy) is 1. The van der Waals surface area contributed by atoms with E-state index in [-0.39, 0.29) is 0 Å². The minimum Gasteiger partial charge on any atom is -0.457 e. The van der Waals surface area contributed by atoms with Gasteiger partial charge in [-0.05, 0) is 61.4 Å². The van der Waals surface area contributed by atoms with Crippen molar-refractivity contribution in [2.45, 2.75) is 26.3 Å². The molecule has 1 atom stereocenters. The Kier molecular flexibility index (Phi) is 6.97. The zero-order valence-corrected chi connectivity index (χ0v) is 18.6. The van der Waals surface area contributed by atoms with Crippen molar-refractivity contribution in [1.82, 2.24) is 0 Å². The van der Waals surface area contributed by atoms with E-state index in [9.17, 15) is 13.2 Å².